The highest BCUT2D eigenvalue weighted by Gasteiger charge is 2.02. The lowest BCUT2D eigenvalue weighted by atomic mass is 10.2. The number of pyridine rings is 1. The van der Waals surface area contributed by atoms with Crippen LogP contribution in [0.15, 0.2) is 30.9 Å². The van der Waals surface area contributed by atoms with Gasteiger partial charge in [0.15, 0.2) is 0 Å². The summed E-state index contributed by atoms with van der Waals surface area (Å²) in [4.78, 5) is 8.04. The first-order chi connectivity index (χ1) is 7.29. The molecule has 15 heavy (non-hydrogen) atoms. The summed E-state index contributed by atoms with van der Waals surface area (Å²) in [5, 5.41) is 8.79. The van der Waals surface area contributed by atoms with Gasteiger partial charge in [-0.3, -0.25) is 4.98 Å². The van der Waals surface area contributed by atoms with Gasteiger partial charge >= 0.3 is 0 Å². The minimum Gasteiger partial charge on any atom is -0.318 e. The Labute approximate surface area is 87.8 Å². The molecule has 0 aliphatic heterocycles. The van der Waals surface area contributed by atoms with Crippen LogP contribution in [0.1, 0.15) is 17.0 Å². The molecular formula is C11H10N4. The lowest BCUT2D eigenvalue weighted by molar-refractivity contribution is 0.777. The number of nitriles is 1. The fourth-order valence-corrected chi connectivity index (χ4v) is 1.45. The van der Waals surface area contributed by atoms with Gasteiger partial charge in [0.25, 0.3) is 0 Å². The highest BCUT2D eigenvalue weighted by Crippen LogP contribution is 2.05. The van der Waals surface area contributed by atoms with Crippen molar-refractivity contribution in [2.45, 2.75) is 13.5 Å². The maximum Gasteiger partial charge on any atom is 0.213 e. The van der Waals surface area contributed by atoms with Crippen LogP contribution in [0, 0.1) is 18.3 Å². The minimum absolute atomic E-state index is 0.427. The van der Waals surface area contributed by atoms with Gasteiger partial charge in [0.1, 0.15) is 6.07 Å². The number of rotatable bonds is 2. The Morgan fingerprint density at radius 3 is 3.07 bits per heavy atom. The zero-order chi connectivity index (χ0) is 10.7. The highest BCUT2D eigenvalue weighted by atomic mass is 15.1. The second kappa shape index (κ2) is 3.93. The van der Waals surface area contributed by atoms with E-state index in [0.717, 1.165) is 11.1 Å². The Kier molecular flexibility index (Phi) is 2.46. The van der Waals surface area contributed by atoms with Gasteiger partial charge in [-0.05, 0) is 18.1 Å². The molecular weight excluding hydrogens is 188 g/mol. The van der Waals surface area contributed by atoms with Crippen molar-refractivity contribution in [2.75, 3.05) is 0 Å². The molecule has 0 aliphatic carbocycles. The molecule has 4 nitrogen and oxygen atoms in total. The van der Waals surface area contributed by atoms with Crippen molar-refractivity contribution < 1.29 is 0 Å². The molecule has 0 amide bonds. The van der Waals surface area contributed by atoms with E-state index in [1.165, 1.54) is 0 Å². The fourth-order valence-electron chi connectivity index (χ4n) is 1.45. The van der Waals surface area contributed by atoms with E-state index in [4.69, 9.17) is 5.26 Å². The third-order valence-corrected chi connectivity index (χ3v) is 2.10. The zero-order valence-electron chi connectivity index (χ0n) is 8.38. The molecule has 0 unspecified atom stereocenters. The fraction of sp³-hybridized carbons (Fsp3) is 0.182. The third kappa shape index (κ3) is 2.02. The number of hydrogen-bond donors (Lipinski definition) is 0. The van der Waals surface area contributed by atoms with E-state index in [2.05, 4.69) is 9.97 Å². The van der Waals surface area contributed by atoms with Gasteiger partial charge in [0.2, 0.25) is 5.82 Å². The Morgan fingerprint density at radius 2 is 2.33 bits per heavy atom. The summed E-state index contributed by atoms with van der Waals surface area (Å²) in [6.45, 7) is 2.63. The van der Waals surface area contributed by atoms with Gasteiger partial charge in [-0.2, -0.15) is 5.26 Å². The normalized spacial score (nSPS) is 9.87. The standard InChI is InChI=1S/C11H10N4/c1-9-4-10(7-13-6-9)8-15-3-2-14-11(15)5-12/h2-4,6-7H,8H2,1H3. The molecule has 0 bridgehead atoms. The smallest absolute Gasteiger partial charge is 0.213 e. The van der Waals surface area contributed by atoms with Crippen LogP contribution in [0.4, 0.5) is 0 Å². The van der Waals surface area contributed by atoms with E-state index in [-0.39, 0.29) is 0 Å². The first-order valence-electron chi connectivity index (χ1n) is 4.61. The monoisotopic (exact) mass is 198 g/mol. The zero-order valence-corrected chi connectivity index (χ0v) is 8.38. The molecule has 2 heterocycles. The van der Waals surface area contributed by atoms with Crippen LogP contribution < -0.4 is 0 Å². The van der Waals surface area contributed by atoms with Crippen molar-refractivity contribution in [3.63, 3.8) is 0 Å². The molecule has 0 aromatic carbocycles. The summed E-state index contributed by atoms with van der Waals surface area (Å²) in [5.41, 5.74) is 2.19. The van der Waals surface area contributed by atoms with E-state index < -0.39 is 0 Å². The topological polar surface area (TPSA) is 54.5 Å². The number of aryl methyl sites for hydroxylation is 1. The number of aromatic nitrogens is 3. The third-order valence-electron chi connectivity index (χ3n) is 2.10. The van der Waals surface area contributed by atoms with E-state index >= 15 is 0 Å². The summed E-state index contributed by atoms with van der Waals surface area (Å²) in [7, 11) is 0. The average molecular weight is 198 g/mol. The lowest BCUT2D eigenvalue weighted by Gasteiger charge is -2.03. The number of hydrogen-bond acceptors (Lipinski definition) is 3. The maximum atomic E-state index is 8.79. The van der Waals surface area contributed by atoms with Crippen LogP contribution in [0.3, 0.4) is 0 Å². The van der Waals surface area contributed by atoms with Gasteiger partial charge in [-0.25, -0.2) is 4.98 Å². The van der Waals surface area contributed by atoms with E-state index in [0.29, 0.717) is 12.4 Å². The van der Waals surface area contributed by atoms with Crippen molar-refractivity contribution in [1.29, 1.82) is 5.26 Å². The first kappa shape index (κ1) is 9.41. The van der Waals surface area contributed by atoms with Crippen molar-refractivity contribution in [1.82, 2.24) is 14.5 Å². The summed E-state index contributed by atoms with van der Waals surface area (Å²) in [6, 6.07) is 4.09. The molecule has 0 N–H and O–H groups in total. The summed E-state index contributed by atoms with van der Waals surface area (Å²) < 4.78 is 1.80. The predicted molar refractivity (Wildman–Crippen MR) is 55.0 cm³/mol. The molecule has 0 saturated heterocycles. The highest BCUT2D eigenvalue weighted by molar-refractivity contribution is 5.19. The van der Waals surface area contributed by atoms with Gasteiger partial charge in [0, 0.05) is 24.8 Å². The van der Waals surface area contributed by atoms with Crippen LogP contribution in [0.2, 0.25) is 0 Å². The lowest BCUT2D eigenvalue weighted by Crippen LogP contribution is -2.02. The molecule has 0 aliphatic rings. The minimum atomic E-state index is 0.427. The van der Waals surface area contributed by atoms with Crippen molar-refractivity contribution in [3.8, 4) is 6.07 Å². The second-order valence-corrected chi connectivity index (χ2v) is 3.36. The molecule has 0 fully saturated rings. The summed E-state index contributed by atoms with van der Waals surface area (Å²) >= 11 is 0. The van der Waals surface area contributed by atoms with Crippen LogP contribution >= 0.6 is 0 Å². The van der Waals surface area contributed by atoms with Crippen LogP contribution in [-0.4, -0.2) is 14.5 Å². The molecule has 2 rings (SSSR count). The van der Waals surface area contributed by atoms with Crippen molar-refractivity contribution in [3.05, 3.63) is 47.8 Å². The van der Waals surface area contributed by atoms with Gasteiger partial charge in [-0.1, -0.05) is 6.07 Å². The van der Waals surface area contributed by atoms with Crippen LogP contribution in [-0.2, 0) is 6.54 Å². The van der Waals surface area contributed by atoms with Crippen molar-refractivity contribution >= 4 is 0 Å². The average Bonchev–Trinajstić information content (AvgIpc) is 2.65. The Balaban J connectivity index is 2.26. The first-order valence-corrected chi connectivity index (χ1v) is 4.61. The Bertz CT molecular complexity index is 507. The molecule has 2 aromatic rings. The van der Waals surface area contributed by atoms with E-state index in [1.807, 2.05) is 25.3 Å². The molecule has 4 heteroatoms. The molecule has 0 radical (unpaired) electrons. The van der Waals surface area contributed by atoms with Crippen LogP contribution in [0.5, 0.6) is 0 Å². The molecule has 0 atom stereocenters. The predicted octanol–water partition coefficient (Wildman–Crippen LogP) is 1.51. The molecule has 74 valence electrons. The number of nitrogens with zero attached hydrogens (tertiary/aromatic N) is 4. The Hall–Kier alpha value is -2.15. The molecule has 2 aromatic heterocycles. The summed E-state index contributed by atoms with van der Waals surface area (Å²) in [5.74, 6) is 0.427. The van der Waals surface area contributed by atoms with Gasteiger partial charge in [-0.15, -0.1) is 0 Å². The van der Waals surface area contributed by atoms with Crippen molar-refractivity contribution in [2.24, 2.45) is 0 Å². The second-order valence-electron chi connectivity index (χ2n) is 3.36. The largest absolute Gasteiger partial charge is 0.318 e. The van der Waals surface area contributed by atoms with E-state index in [1.54, 1.807) is 23.2 Å². The number of imidazole rings is 1. The molecule has 0 saturated carbocycles. The SMILES string of the molecule is Cc1cncc(Cn2ccnc2C#N)c1. The van der Waals surface area contributed by atoms with Gasteiger partial charge < -0.3 is 4.57 Å². The Morgan fingerprint density at radius 1 is 1.47 bits per heavy atom. The maximum absolute atomic E-state index is 8.79. The van der Waals surface area contributed by atoms with E-state index in [9.17, 15) is 0 Å². The van der Waals surface area contributed by atoms with Crippen LogP contribution in [0.25, 0.3) is 0 Å². The summed E-state index contributed by atoms with van der Waals surface area (Å²) in [6.07, 6.45) is 7.03. The van der Waals surface area contributed by atoms with Gasteiger partial charge in [0.05, 0.1) is 6.54 Å². The molecule has 0 spiro atoms. The quantitative estimate of drug-likeness (QED) is 0.734.